The SMILES string of the molecule is CC(C)C(C)NC(=O)CN1CCC(C(=O)NCCc2ccccc2F)CC1. The van der Waals surface area contributed by atoms with Crippen molar-refractivity contribution in [1.82, 2.24) is 15.5 Å². The lowest BCUT2D eigenvalue weighted by atomic mass is 9.95. The first-order valence-electron chi connectivity index (χ1n) is 9.89. The molecule has 0 saturated carbocycles. The number of amides is 2. The van der Waals surface area contributed by atoms with Gasteiger partial charge in [0.15, 0.2) is 0 Å². The third-order valence-corrected chi connectivity index (χ3v) is 5.37. The quantitative estimate of drug-likeness (QED) is 0.731. The largest absolute Gasteiger partial charge is 0.356 e. The molecule has 1 aromatic carbocycles. The zero-order valence-corrected chi connectivity index (χ0v) is 16.6. The fraction of sp³-hybridized carbons (Fsp3) is 0.619. The second-order valence-electron chi connectivity index (χ2n) is 7.78. The Bertz CT molecular complexity index is 628. The summed E-state index contributed by atoms with van der Waals surface area (Å²) < 4.78 is 13.6. The van der Waals surface area contributed by atoms with Crippen molar-refractivity contribution < 1.29 is 14.0 Å². The molecular weight excluding hydrogens is 345 g/mol. The van der Waals surface area contributed by atoms with Crippen molar-refractivity contribution in [2.24, 2.45) is 11.8 Å². The first-order valence-corrected chi connectivity index (χ1v) is 9.89. The lowest BCUT2D eigenvalue weighted by molar-refractivity contribution is -0.127. The van der Waals surface area contributed by atoms with Crippen LogP contribution in [-0.4, -0.2) is 48.9 Å². The Kier molecular flexibility index (Phi) is 8.23. The highest BCUT2D eigenvalue weighted by Gasteiger charge is 2.26. The van der Waals surface area contributed by atoms with E-state index in [2.05, 4.69) is 29.4 Å². The predicted octanol–water partition coefficient (Wildman–Crippen LogP) is 2.36. The summed E-state index contributed by atoms with van der Waals surface area (Å²) >= 11 is 0. The van der Waals surface area contributed by atoms with Crippen molar-refractivity contribution in [3.63, 3.8) is 0 Å². The lowest BCUT2D eigenvalue weighted by Crippen LogP contribution is -2.46. The van der Waals surface area contributed by atoms with Crippen LogP contribution >= 0.6 is 0 Å². The van der Waals surface area contributed by atoms with Gasteiger partial charge in [0.05, 0.1) is 6.54 Å². The van der Waals surface area contributed by atoms with E-state index in [4.69, 9.17) is 0 Å². The predicted molar refractivity (Wildman–Crippen MR) is 105 cm³/mol. The van der Waals surface area contributed by atoms with Gasteiger partial charge in [0.1, 0.15) is 5.82 Å². The lowest BCUT2D eigenvalue weighted by Gasteiger charge is -2.31. The first kappa shape index (κ1) is 21.4. The Morgan fingerprint density at radius 2 is 1.85 bits per heavy atom. The van der Waals surface area contributed by atoms with E-state index in [1.807, 2.05) is 6.92 Å². The van der Waals surface area contributed by atoms with Gasteiger partial charge in [0.2, 0.25) is 11.8 Å². The monoisotopic (exact) mass is 377 g/mol. The van der Waals surface area contributed by atoms with Crippen LogP contribution in [0.5, 0.6) is 0 Å². The van der Waals surface area contributed by atoms with Gasteiger partial charge in [0.25, 0.3) is 0 Å². The van der Waals surface area contributed by atoms with Crippen LogP contribution in [0.25, 0.3) is 0 Å². The molecule has 2 rings (SSSR count). The molecule has 1 saturated heterocycles. The highest BCUT2D eigenvalue weighted by Crippen LogP contribution is 2.17. The Balaban J connectivity index is 1.66. The van der Waals surface area contributed by atoms with Crippen LogP contribution in [0.1, 0.15) is 39.2 Å². The van der Waals surface area contributed by atoms with Crippen LogP contribution in [0, 0.1) is 17.7 Å². The molecule has 1 fully saturated rings. The molecule has 1 heterocycles. The van der Waals surface area contributed by atoms with Crippen molar-refractivity contribution >= 4 is 11.8 Å². The molecule has 5 nitrogen and oxygen atoms in total. The average Bonchev–Trinajstić information content (AvgIpc) is 2.63. The average molecular weight is 378 g/mol. The maximum absolute atomic E-state index is 13.6. The molecule has 1 unspecified atom stereocenters. The van der Waals surface area contributed by atoms with E-state index in [0.29, 0.717) is 31.0 Å². The normalized spacial score (nSPS) is 16.9. The van der Waals surface area contributed by atoms with Crippen molar-refractivity contribution in [1.29, 1.82) is 0 Å². The molecule has 0 bridgehead atoms. The first-order chi connectivity index (χ1) is 12.9. The maximum atomic E-state index is 13.6. The van der Waals surface area contributed by atoms with Crippen LogP contribution in [0.2, 0.25) is 0 Å². The van der Waals surface area contributed by atoms with Crippen LogP contribution in [0.15, 0.2) is 24.3 Å². The number of rotatable bonds is 8. The standard InChI is InChI=1S/C21H32FN3O2/c1-15(2)16(3)24-20(26)14-25-12-9-18(10-13-25)21(27)23-11-8-17-6-4-5-7-19(17)22/h4-7,15-16,18H,8-14H2,1-3H3,(H,23,27)(H,24,26). The fourth-order valence-electron chi connectivity index (χ4n) is 3.19. The molecule has 1 aromatic rings. The van der Waals surface area contributed by atoms with E-state index in [9.17, 15) is 14.0 Å². The number of nitrogens with one attached hydrogen (secondary N) is 2. The number of carbonyl (C=O) groups excluding carboxylic acids is 2. The third-order valence-electron chi connectivity index (χ3n) is 5.37. The molecule has 0 spiro atoms. The summed E-state index contributed by atoms with van der Waals surface area (Å²) in [4.78, 5) is 26.5. The van der Waals surface area contributed by atoms with Gasteiger partial charge in [-0.05, 0) is 56.8 Å². The second-order valence-corrected chi connectivity index (χ2v) is 7.78. The number of benzene rings is 1. The van der Waals surface area contributed by atoms with Gasteiger partial charge in [0, 0.05) is 18.5 Å². The third kappa shape index (κ3) is 6.94. The second kappa shape index (κ2) is 10.4. The molecule has 0 aromatic heterocycles. The summed E-state index contributed by atoms with van der Waals surface area (Å²) in [6.07, 6.45) is 1.99. The molecule has 27 heavy (non-hydrogen) atoms. The molecule has 0 radical (unpaired) electrons. The zero-order chi connectivity index (χ0) is 19.8. The maximum Gasteiger partial charge on any atom is 0.234 e. The Labute approximate surface area is 161 Å². The number of likely N-dealkylation sites (tertiary alicyclic amines) is 1. The number of halogens is 1. The minimum Gasteiger partial charge on any atom is -0.356 e. The van der Waals surface area contributed by atoms with E-state index in [1.165, 1.54) is 6.07 Å². The van der Waals surface area contributed by atoms with Crippen LogP contribution in [0.4, 0.5) is 4.39 Å². The smallest absolute Gasteiger partial charge is 0.234 e. The molecule has 1 aliphatic heterocycles. The zero-order valence-electron chi connectivity index (χ0n) is 16.6. The number of piperidine rings is 1. The van der Waals surface area contributed by atoms with E-state index in [0.717, 1.165) is 25.9 Å². The molecule has 2 amide bonds. The van der Waals surface area contributed by atoms with Gasteiger partial charge in [-0.2, -0.15) is 0 Å². The highest BCUT2D eigenvalue weighted by molar-refractivity contribution is 5.79. The van der Waals surface area contributed by atoms with Crippen molar-refractivity contribution in [2.75, 3.05) is 26.2 Å². The van der Waals surface area contributed by atoms with Crippen molar-refractivity contribution in [2.45, 2.75) is 46.1 Å². The van der Waals surface area contributed by atoms with Crippen molar-refractivity contribution in [3.05, 3.63) is 35.6 Å². The minimum atomic E-state index is -0.231. The summed E-state index contributed by atoms with van der Waals surface area (Å²) in [6.45, 7) is 8.50. The molecule has 2 N–H and O–H groups in total. The van der Waals surface area contributed by atoms with E-state index in [1.54, 1.807) is 18.2 Å². The number of carbonyl (C=O) groups is 2. The summed E-state index contributed by atoms with van der Waals surface area (Å²) in [5, 5.41) is 5.94. The van der Waals surface area contributed by atoms with Gasteiger partial charge in [-0.25, -0.2) is 4.39 Å². The highest BCUT2D eigenvalue weighted by atomic mass is 19.1. The van der Waals surface area contributed by atoms with E-state index >= 15 is 0 Å². The molecule has 1 aliphatic rings. The summed E-state index contributed by atoms with van der Waals surface area (Å²) in [7, 11) is 0. The van der Waals surface area contributed by atoms with Crippen LogP contribution < -0.4 is 10.6 Å². The molecule has 6 heteroatoms. The Morgan fingerprint density at radius 3 is 2.48 bits per heavy atom. The van der Waals surface area contributed by atoms with Gasteiger partial charge in [-0.3, -0.25) is 14.5 Å². The van der Waals surface area contributed by atoms with Gasteiger partial charge in [-0.1, -0.05) is 32.0 Å². The van der Waals surface area contributed by atoms with E-state index in [-0.39, 0.29) is 29.6 Å². The fourth-order valence-corrected chi connectivity index (χ4v) is 3.19. The molecule has 150 valence electrons. The summed E-state index contributed by atoms with van der Waals surface area (Å²) in [5.41, 5.74) is 0.620. The Hall–Kier alpha value is -1.95. The van der Waals surface area contributed by atoms with Gasteiger partial charge in [-0.15, -0.1) is 0 Å². The van der Waals surface area contributed by atoms with E-state index < -0.39 is 0 Å². The van der Waals surface area contributed by atoms with Crippen molar-refractivity contribution in [3.8, 4) is 0 Å². The Morgan fingerprint density at radius 1 is 1.19 bits per heavy atom. The van der Waals surface area contributed by atoms with Gasteiger partial charge >= 0.3 is 0 Å². The van der Waals surface area contributed by atoms with Gasteiger partial charge < -0.3 is 10.6 Å². The number of hydrogen-bond acceptors (Lipinski definition) is 3. The minimum absolute atomic E-state index is 0.0282. The summed E-state index contributed by atoms with van der Waals surface area (Å²) in [5.74, 6) is 0.227. The summed E-state index contributed by atoms with van der Waals surface area (Å²) in [6, 6.07) is 6.80. The molecular formula is C21H32FN3O2. The van der Waals surface area contributed by atoms with Crippen LogP contribution in [-0.2, 0) is 16.0 Å². The molecule has 1 atom stereocenters. The number of nitrogens with zero attached hydrogens (tertiary/aromatic N) is 1. The molecule has 0 aliphatic carbocycles. The van der Waals surface area contributed by atoms with Crippen LogP contribution in [0.3, 0.4) is 0 Å². The number of hydrogen-bond donors (Lipinski definition) is 2. The topological polar surface area (TPSA) is 61.4 Å².